The molecule has 0 N–H and O–H groups in total. The first-order chi connectivity index (χ1) is 7.33. The highest BCUT2D eigenvalue weighted by molar-refractivity contribution is 5.70. The van der Waals surface area contributed by atoms with Crippen LogP contribution in [-0.4, -0.2) is 21.2 Å². The number of halogens is 1. The Hall–Kier alpha value is -1.45. The van der Waals surface area contributed by atoms with Gasteiger partial charge in [-0.25, -0.2) is 9.97 Å². The molecule has 1 fully saturated rings. The van der Waals surface area contributed by atoms with E-state index in [-0.39, 0.29) is 12.1 Å². The van der Waals surface area contributed by atoms with Crippen molar-refractivity contribution >= 4 is 11.2 Å². The van der Waals surface area contributed by atoms with Crippen molar-refractivity contribution in [3.05, 3.63) is 24.7 Å². The van der Waals surface area contributed by atoms with Crippen molar-refractivity contribution in [3.63, 3.8) is 0 Å². The molecule has 1 saturated carbocycles. The summed E-state index contributed by atoms with van der Waals surface area (Å²) in [5.74, 6) is 0. The van der Waals surface area contributed by atoms with Crippen LogP contribution < -0.4 is 0 Å². The van der Waals surface area contributed by atoms with Gasteiger partial charge in [0.15, 0.2) is 5.65 Å². The van der Waals surface area contributed by atoms with Gasteiger partial charge >= 0.3 is 0 Å². The molecule has 3 nitrogen and oxygen atoms in total. The largest absolute Gasteiger partial charge is 0.315 e. The zero-order chi connectivity index (χ0) is 10.3. The van der Waals surface area contributed by atoms with Crippen molar-refractivity contribution in [1.29, 1.82) is 0 Å². The van der Waals surface area contributed by atoms with E-state index in [1.165, 1.54) is 0 Å². The van der Waals surface area contributed by atoms with E-state index in [4.69, 9.17) is 0 Å². The van der Waals surface area contributed by atoms with E-state index in [1.807, 2.05) is 16.7 Å². The minimum Gasteiger partial charge on any atom is -0.315 e. The van der Waals surface area contributed by atoms with Gasteiger partial charge in [-0.2, -0.15) is 0 Å². The van der Waals surface area contributed by atoms with Crippen molar-refractivity contribution in [2.75, 3.05) is 6.67 Å². The molecular formula is C11H12FN3. The maximum absolute atomic E-state index is 12.8. The van der Waals surface area contributed by atoms with E-state index in [9.17, 15) is 4.39 Å². The third kappa shape index (κ3) is 1.40. The van der Waals surface area contributed by atoms with Gasteiger partial charge in [0.25, 0.3) is 0 Å². The first-order valence-electron chi connectivity index (χ1n) is 5.15. The van der Waals surface area contributed by atoms with E-state index < -0.39 is 0 Å². The van der Waals surface area contributed by atoms with Crippen LogP contribution >= 0.6 is 0 Å². The van der Waals surface area contributed by atoms with Crippen LogP contribution in [0.2, 0.25) is 0 Å². The predicted molar refractivity (Wildman–Crippen MR) is 55.2 cm³/mol. The summed E-state index contributed by atoms with van der Waals surface area (Å²) in [7, 11) is 0. The summed E-state index contributed by atoms with van der Waals surface area (Å²) in [4.78, 5) is 8.51. The van der Waals surface area contributed by atoms with Gasteiger partial charge in [0.05, 0.1) is 13.0 Å². The molecule has 0 unspecified atom stereocenters. The topological polar surface area (TPSA) is 30.7 Å². The van der Waals surface area contributed by atoms with Gasteiger partial charge in [0.2, 0.25) is 0 Å². The fraction of sp³-hybridized carbons (Fsp3) is 0.455. The minimum absolute atomic E-state index is 0.120. The molecule has 0 aromatic carbocycles. The lowest BCUT2D eigenvalue weighted by Crippen LogP contribution is -2.13. The lowest BCUT2D eigenvalue weighted by Gasteiger charge is -2.10. The molecule has 1 aliphatic carbocycles. The van der Waals surface area contributed by atoms with E-state index >= 15 is 0 Å². The first-order valence-corrected chi connectivity index (χ1v) is 5.15. The second kappa shape index (κ2) is 3.02. The van der Waals surface area contributed by atoms with Crippen molar-refractivity contribution < 1.29 is 4.39 Å². The highest BCUT2D eigenvalue weighted by Gasteiger charge is 2.43. The summed E-state index contributed by atoms with van der Waals surface area (Å²) < 4.78 is 14.7. The average Bonchev–Trinajstić information content (AvgIpc) is 2.95. The van der Waals surface area contributed by atoms with Gasteiger partial charge in [-0.1, -0.05) is 0 Å². The molecule has 0 saturated heterocycles. The quantitative estimate of drug-likeness (QED) is 0.768. The zero-order valence-electron chi connectivity index (χ0n) is 8.36. The van der Waals surface area contributed by atoms with Crippen LogP contribution in [0.1, 0.15) is 12.8 Å². The lowest BCUT2D eigenvalue weighted by atomic mass is 10.1. The number of alkyl halides is 1. The second-order valence-electron chi connectivity index (χ2n) is 4.35. The van der Waals surface area contributed by atoms with Crippen molar-refractivity contribution in [1.82, 2.24) is 14.5 Å². The Labute approximate surface area is 87.0 Å². The number of hydrogen-bond acceptors (Lipinski definition) is 2. The van der Waals surface area contributed by atoms with E-state index in [0.717, 1.165) is 24.0 Å². The second-order valence-corrected chi connectivity index (χ2v) is 4.35. The number of pyridine rings is 1. The highest BCUT2D eigenvalue weighted by atomic mass is 19.1. The molecule has 2 heterocycles. The Bertz CT molecular complexity index is 487. The summed E-state index contributed by atoms with van der Waals surface area (Å²) in [5, 5.41) is 0. The molecule has 15 heavy (non-hydrogen) atoms. The summed E-state index contributed by atoms with van der Waals surface area (Å²) in [6.07, 6.45) is 5.47. The molecule has 1 aliphatic rings. The van der Waals surface area contributed by atoms with Crippen LogP contribution in [0.4, 0.5) is 4.39 Å². The molecule has 0 atom stereocenters. The van der Waals surface area contributed by atoms with Gasteiger partial charge < -0.3 is 4.57 Å². The van der Waals surface area contributed by atoms with Gasteiger partial charge in [0.1, 0.15) is 5.52 Å². The lowest BCUT2D eigenvalue weighted by molar-refractivity contribution is 0.307. The van der Waals surface area contributed by atoms with E-state index in [0.29, 0.717) is 6.54 Å². The van der Waals surface area contributed by atoms with Gasteiger partial charge in [-0.3, -0.25) is 4.39 Å². The van der Waals surface area contributed by atoms with Crippen LogP contribution in [0, 0.1) is 5.41 Å². The molecule has 4 heteroatoms. The smallest absolute Gasteiger partial charge is 0.159 e. The molecule has 3 rings (SSSR count). The summed E-state index contributed by atoms with van der Waals surface area (Å²) >= 11 is 0. The highest BCUT2D eigenvalue weighted by Crippen LogP contribution is 2.47. The standard InChI is InChI=1S/C11H12FN3/c12-6-11(3-4-11)7-15-8-14-9-2-1-5-13-10(9)15/h1-2,5,8H,3-4,6-7H2. The maximum Gasteiger partial charge on any atom is 0.159 e. The summed E-state index contributed by atoms with van der Waals surface area (Å²) in [6, 6.07) is 3.79. The van der Waals surface area contributed by atoms with Crippen molar-refractivity contribution in [2.45, 2.75) is 19.4 Å². The first kappa shape index (κ1) is 8.83. The minimum atomic E-state index is -0.237. The van der Waals surface area contributed by atoms with Crippen LogP contribution in [0.5, 0.6) is 0 Å². The Kier molecular flexibility index (Phi) is 1.78. The molecule has 0 spiro atoms. The molecule has 2 aromatic rings. The molecular weight excluding hydrogens is 193 g/mol. The van der Waals surface area contributed by atoms with Gasteiger partial charge in [-0.05, 0) is 25.0 Å². The third-order valence-electron chi connectivity index (χ3n) is 3.12. The fourth-order valence-corrected chi connectivity index (χ4v) is 1.88. The molecule has 0 bridgehead atoms. The Morgan fingerprint density at radius 2 is 2.27 bits per heavy atom. The molecule has 0 amide bonds. The summed E-state index contributed by atoms with van der Waals surface area (Å²) in [5.41, 5.74) is 1.62. The molecule has 78 valence electrons. The summed E-state index contributed by atoms with van der Waals surface area (Å²) in [6.45, 7) is 0.469. The molecule has 0 radical (unpaired) electrons. The van der Waals surface area contributed by atoms with Gasteiger partial charge in [0, 0.05) is 18.2 Å². The third-order valence-corrected chi connectivity index (χ3v) is 3.12. The van der Waals surface area contributed by atoms with Gasteiger partial charge in [-0.15, -0.1) is 0 Å². The average molecular weight is 205 g/mol. The normalized spacial score (nSPS) is 18.2. The number of rotatable bonds is 3. The Balaban J connectivity index is 1.98. The Morgan fingerprint density at radius 1 is 1.40 bits per heavy atom. The maximum atomic E-state index is 12.8. The zero-order valence-corrected chi connectivity index (χ0v) is 8.36. The number of imidazole rings is 1. The predicted octanol–water partition coefficient (Wildman–Crippen LogP) is 2.18. The van der Waals surface area contributed by atoms with E-state index in [1.54, 1.807) is 12.5 Å². The van der Waals surface area contributed by atoms with Crippen LogP contribution in [0.3, 0.4) is 0 Å². The number of aromatic nitrogens is 3. The van der Waals surface area contributed by atoms with Crippen LogP contribution in [0.25, 0.3) is 11.2 Å². The molecule has 0 aliphatic heterocycles. The van der Waals surface area contributed by atoms with Crippen molar-refractivity contribution in [3.8, 4) is 0 Å². The fourth-order valence-electron chi connectivity index (χ4n) is 1.88. The van der Waals surface area contributed by atoms with Crippen LogP contribution in [0.15, 0.2) is 24.7 Å². The number of fused-ring (bicyclic) bond motifs is 1. The SMILES string of the molecule is FCC1(Cn2cnc3cccnc32)CC1. The molecule has 2 aromatic heterocycles. The number of nitrogens with zero attached hydrogens (tertiary/aromatic N) is 3. The Morgan fingerprint density at radius 3 is 3.00 bits per heavy atom. The van der Waals surface area contributed by atoms with E-state index in [2.05, 4.69) is 9.97 Å². The van der Waals surface area contributed by atoms with Crippen molar-refractivity contribution in [2.24, 2.45) is 5.41 Å². The monoisotopic (exact) mass is 205 g/mol. The number of hydrogen-bond donors (Lipinski definition) is 0. The van der Waals surface area contributed by atoms with Crippen LogP contribution in [-0.2, 0) is 6.54 Å².